The van der Waals surface area contributed by atoms with Gasteiger partial charge in [0.05, 0.1) is 11.1 Å². The van der Waals surface area contributed by atoms with E-state index in [4.69, 9.17) is 5.11 Å². The number of benzene rings is 1. The first kappa shape index (κ1) is 15.4. The molecule has 1 heterocycles. The van der Waals surface area contributed by atoms with Gasteiger partial charge in [-0.2, -0.15) is 0 Å². The molecule has 0 unspecified atom stereocenters. The van der Waals surface area contributed by atoms with Crippen molar-refractivity contribution in [3.8, 4) is 0 Å². The summed E-state index contributed by atoms with van der Waals surface area (Å²) in [6, 6.07) is 6.59. The van der Waals surface area contributed by atoms with Gasteiger partial charge in [-0.1, -0.05) is 31.4 Å². The molecule has 1 aliphatic carbocycles. The van der Waals surface area contributed by atoms with Crippen molar-refractivity contribution in [2.45, 2.75) is 37.6 Å². The summed E-state index contributed by atoms with van der Waals surface area (Å²) < 4.78 is 13.6. The minimum absolute atomic E-state index is 0.0407. The number of hydrogen-bond acceptors (Lipinski definition) is 4. The van der Waals surface area contributed by atoms with Crippen LogP contribution in [0.15, 0.2) is 36.7 Å². The van der Waals surface area contributed by atoms with Gasteiger partial charge in [-0.05, 0) is 30.5 Å². The number of nitrogens with one attached hydrogen (secondary N) is 1. The second kappa shape index (κ2) is 6.32. The Morgan fingerprint density at radius 2 is 1.87 bits per heavy atom. The molecule has 0 radical (unpaired) electrons. The van der Waals surface area contributed by atoms with Crippen LogP contribution in [-0.2, 0) is 5.54 Å². The van der Waals surface area contributed by atoms with Crippen molar-refractivity contribution in [2.75, 3.05) is 5.32 Å². The number of carboxylic acids is 1. The molecule has 2 N–H and O–H groups in total. The standard InChI is InChI=1S/C17H18FN3O2/c18-14-6-4-5-13(9-14)17(7-2-1-3-8-17)21-16-19-10-12(11-20-16)15(22)23/h4-6,9-11H,1-3,7-8H2,(H,22,23)(H,19,20,21). The van der Waals surface area contributed by atoms with Crippen LogP contribution in [0.4, 0.5) is 10.3 Å². The number of rotatable bonds is 4. The maximum absolute atomic E-state index is 13.6. The molecule has 3 rings (SSSR count). The van der Waals surface area contributed by atoms with Crippen LogP contribution in [-0.4, -0.2) is 21.0 Å². The van der Waals surface area contributed by atoms with E-state index in [9.17, 15) is 9.18 Å². The molecule has 1 saturated carbocycles. The third-order valence-electron chi connectivity index (χ3n) is 4.33. The zero-order chi connectivity index (χ0) is 16.3. The van der Waals surface area contributed by atoms with E-state index in [1.165, 1.54) is 18.5 Å². The number of hydrogen-bond donors (Lipinski definition) is 2. The molecule has 6 heteroatoms. The normalized spacial score (nSPS) is 16.7. The van der Waals surface area contributed by atoms with Gasteiger partial charge in [0.1, 0.15) is 5.82 Å². The van der Waals surface area contributed by atoms with Gasteiger partial charge in [0, 0.05) is 12.4 Å². The number of anilines is 1. The molecule has 0 aliphatic heterocycles. The summed E-state index contributed by atoms with van der Waals surface area (Å²) in [6.45, 7) is 0. The average Bonchev–Trinajstić information content (AvgIpc) is 2.56. The van der Waals surface area contributed by atoms with Gasteiger partial charge >= 0.3 is 5.97 Å². The van der Waals surface area contributed by atoms with Crippen molar-refractivity contribution in [3.05, 3.63) is 53.6 Å². The summed E-state index contributed by atoms with van der Waals surface area (Å²) in [5.41, 5.74) is 0.507. The largest absolute Gasteiger partial charge is 0.478 e. The third-order valence-corrected chi connectivity index (χ3v) is 4.33. The molecule has 1 aromatic carbocycles. The van der Waals surface area contributed by atoms with E-state index in [0.717, 1.165) is 37.7 Å². The Kier molecular flexibility index (Phi) is 4.23. The van der Waals surface area contributed by atoms with Crippen LogP contribution in [0.3, 0.4) is 0 Å². The van der Waals surface area contributed by atoms with Crippen LogP contribution in [0.2, 0.25) is 0 Å². The summed E-state index contributed by atoms with van der Waals surface area (Å²) in [5, 5.41) is 12.2. The predicted molar refractivity (Wildman–Crippen MR) is 83.8 cm³/mol. The van der Waals surface area contributed by atoms with Gasteiger partial charge in [0.2, 0.25) is 5.95 Å². The zero-order valence-electron chi connectivity index (χ0n) is 12.6. The van der Waals surface area contributed by atoms with E-state index in [0.29, 0.717) is 5.95 Å². The Bertz CT molecular complexity index is 697. The van der Waals surface area contributed by atoms with E-state index in [-0.39, 0.29) is 11.4 Å². The lowest BCUT2D eigenvalue weighted by Gasteiger charge is -2.38. The molecule has 0 amide bonds. The molecule has 0 spiro atoms. The first-order valence-electron chi connectivity index (χ1n) is 7.69. The molecular weight excluding hydrogens is 297 g/mol. The lowest BCUT2D eigenvalue weighted by atomic mass is 9.76. The van der Waals surface area contributed by atoms with Crippen molar-refractivity contribution < 1.29 is 14.3 Å². The second-order valence-corrected chi connectivity index (χ2v) is 5.88. The van der Waals surface area contributed by atoms with Crippen LogP contribution in [0.25, 0.3) is 0 Å². The molecule has 0 bridgehead atoms. The summed E-state index contributed by atoms with van der Waals surface area (Å²) in [4.78, 5) is 19.1. The van der Waals surface area contributed by atoms with Crippen molar-refractivity contribution in [3.63, 3.8) is 0 Å². The van der Waals surface area contributed by atoms with Gasteiger partial charge in [-0.3, -0.25) is 0 Å². The third kappa shape index (κ3) is 3.31. The smallest absolute Gasteiger partial charge is 0.338 e. The molecule has 1 fully saturated rings. The summed E-state index contributed by atoms with van der Waals surface area (Å²) in [6.07, 6.45) is 7.51. The molecule has 120 valence electrons. The van der Waals surface area contributed by atoms with Gasteiger partial charge in [-0.25, -0.2) is 19.2 Å². The SMILES string of the molecule is O=C(O)c1cnc(NC2(c3cccc(F)c3)CCCCC2)nc1. The van der Waals surface area contributed by atoms with Crippen LogP contribution in [0.1, 0.15) is 48.0 Å². The van der Waals surface area contributed by atoms with Crippen molar-refractivity contribution in [1.29, 1.82) is 0 Å². The van der Waals surface area contributed by atoms with Crippen molar-refractivity contribution >= 4 is 11.9 Å². The first-order chi connectivity index (χ1) is 11.1. The topological polar surface area (TPSA) is 75.1 Å². The fourth-order valence-electron chi connectivity index (χ4n) is 3.14. The number of nitrogens with zero attached hydrogens (tertiary/aromatic N) is 2. The van der Waals surface area contributed by atoms with Gasteiger partial charge < -0.3 is 10.4 Å². The van der Waals surface area contributed by atoms with E-state index < -0.39 is 11.5 Å². The van der Waals surface area contributed by atoms with Crippen LogP contribution in [0, 0.1) is 5.82 Å². The molecule has 23 heavy (non-hydrogen) atoms. The summed E-state index contributed by atoms with van der Waals surface area (Å²) in [7, 11) is 0. The average molecular weight is 315 g/mol. The maximum Gasteiger partial charge on any atom is 0.338 e. The van der Waals surface area contributed by atoms with Crippen LogP contribution < -0.4 is 5.32 Å². The van der Waals surface area contributed by atoms with Gasteiger partial charge in [0.25, 0.3) is 0 Å². The molecule has 0 atom stereocenters. The highest BCUT2D eigenvalue weighted by Gasteiger charge is 2.34. The lowest BCUT2D eigenvalue weighted by molar-refractivity contribution is 0.0696. The summed E-state index contributed by atoms with van der Waals surface area (Å²) in [5.74, 6) is -0.966. The Morgan fingerprint density at radius 3 is 2.48 bits per heavy atom. The monoisotopic (exact) mass is 315 g/mol. The molecule has 0 saturated heterocycles. The zero-order valence-corrected chi connectivity index (χ0v) is 12.6. The molecule has 2 aromatic rings. The summed E-state index contributed by atoms with van der Waals surface area (Å²) >= 11 is 0. The van der Waals surface area contributed by atoms with Crippen LogP contribution in [0.5, 0.6) is 0 Å². The Hall–Kier alpha value is -2.50. The van der Waals surface area contributed by atoms with E-state index in [2.05, 4.69) is 15.3 Å². The Labute approximate surface area is 133 Å². The van der Waals surface area contributed by atoms with Gasteiger partial charge in [0.15, 0.2) is 0 Å². The predicted octanol–water partition coefficient (Wildman–Crippen LogP) is 3.59. The quantitative estimate of drug-likeness (QED) is 0.902. The number of aromatic carboxylic acids is 1. The van der Waals surface area contributed by atoms with E-state index in [1.807, 2.05) is 6.07 Å². The number of carboxylic acid groups (broad SMARTS) is 1. The number of carbonyl (C=O) groups is 1. The molecule has 1 aliphatic rings. The number of aromatic nitrogens is 2. The van der Waals surface area contributed by atoms with Crippen molar-refractivity contribution in [1.82, 2.24) is 9.97 Å². The van der Waals surface area contributed by atoms with Crippen molar-refractivity contribution in [2.24, 2.45) is 0 Å². The highest BCUT2D eigenvalue weighted by Crippen LogP contribution is 2.39. The van der Waals surface area contributed by atoms with Gasteiger partial charge in [-0.15, -0.1) is 0 Å². The Balaban J connectivity index is 1.91. The molecule has 1 aromatic heterocycles. The lowest BCUT2D eigenvalue weighted by Crippen LogP contribution is -2.38. The molecule has 5 nitrogen and oxygen atoms in total. The Morgan fingerprint density at radius 1 is 1.17 bits per heavy atom. The number of halogens is 1. The van der Waals surface area contributed by atoms with Crippen LogP contribution >= 0.6 is 0 Å². The van der Waals surface area contributed by atoms with E-state index in [1.54, 1.807) is 12.1 Å². The fourth-order valence-corrected chi connectivity index (χ4v) is 3.14. The maximum atomic E-state index is 13.6. The minimum Gasteiger partial charge on any atom is -0.478 e. The highest BCUT2D eigenvalue weighted by atomic mass is 19.1. The fraction of sp³-hybridized carbons (Fsp3) is 0.353. The minimum atomic E-state index is -1.06. The van der Waals surface area contributed by atoms with E-state index >= 15 is 0 Å². The first-order valence-corrected chi connectivity index (χ1v) is 7.69. The molecular formula is C17H18FN3O2. The highest BCUT2D eigenvalue weighted by molar-refractivity contribution is 5.86. The second-order valence-electron chi connectivity index (χ2n) is 5.88.